The van der Waals surface area contributed by atoms with Crippen LogP contribution in [0, 0.1) is 16.7 Å². The fourth-order valence-corrected chi connectivity index (χ4v) is 5.24. The average Bonchev–Trinajstić information content (AvgIpc) is 2.27. The van der Waals surface area contributed by atoms with E-state index in [0.29, 0.717) is 10.7 Å². The van der Waals surface area contributed by atoms with Crippen molar-refractivity contribution in [1.82, 2.24) is 0 Å². The molecule has 2 aliphatic carbocycles. The van der Waals surface area contributed by atoms with Crippen LogP contribution in [0.1, 0.15) is 65.2 Å². The fraction of sp³-hybridized carbons (Fsp3) is 0.929. The van der Waals surface area contributed by atoms with Crippen molar-refractivity contribution < 1.29 is 0 Å². The van der Waals surface area contributed by atoms with Crippen LogP contribution in [0.3, 0.4) is 0 Å². The van der Waals surface area contributed by atoms with Gasteiger partial charge < -0.3 is 0 Å². The molecule has 1 unspecified atom stereocenters. The lowest BCUT2D eigenvalue weighted by Gasteiger charge is -2.55. The van der Waals surface area contributed by atoms with Crippen molar-refractivity contribution in [2.24, 2.45) is 5.41 Å². The van der Waals surface area contributed by atoms with Crippen molar-refractivity contribution in [2.45, 2.75) is 75.2 Å². The summed E-state index contributed by atoms with van der Waals surface area (Å²) in [4.78, 5) is 0. The Labute approximate surface area is 104 Å². The van der Waals surface area contributed by atoms with Crippen LogP contribution in [0.15, 0.2) is 0 Å². The van der Waals surface area contributed by atoms with Gasteiger partial charge in [0, 0.05) is 5.25 Å². The van der Waals surface area contributed by atoms with E-state index in [-0.39, 0.29) is 4.75 Å². The Hall–Kier alpha value is -0.160. The maximum atomic E-state index is 9.42. The van der Waals surface area contributed by atoms with Gasteiger partial charge in [-0.1, -0.05) is 33.1 Å². The summed E-state index contributed by atoms with van der Waals surface area (Å²) in [7, 11) is 0. The molecule has 0 heterocycles. The van der Waals surface area contributed by atoms with E-state index in [1.54, 1.807) is 0 Å². The van der Waals surface area contributed by atoms with E-state index in [2.05, 4.69) is 19.9 Å². The maximum Gasteiger partial charge on any atom is 0.104 e. The Balaban J connectivity index is 1.94. The van der Waals surface area contributed by atoms with Crippen LogP contribution in [-0.4, -0.2) is 10.00 Å². The third-order valence-corrected chi connectivity index (χ3v) is 6.01. The van der Waals surface area contributed by atoms with E-state index in [0.717, 1.165) is 0 Å². The van der Waals surface area contributed by atoms with Gasteiger partial charge in [-0.3, -0.25) is 0 Å². The molecule has 0 N–H and O–H groups in total. The van der Waals surface area contributed by atoms with Gasteiger partial charge in [-0.05, 0) is 37.5 Å². The average molecular weight is 237 g/mol. The lowest BCUT2D eigenvalue weighted by Crippen LogP contribution is -2.50. The highest BCUT2D eigenvalue weighted by molar-refractivity contribution is 8.01. The first kappa shape index (κ1) is 12.3. The van der Waals surface area contributed by atoms with Crippen molar-refractivity contribution in [3.05, 3.63) is 0 Å². The van der Waals surface area contributed by atoms with Crippen LogP contribution in [0.4, 0.5) is 0 Å². The number of hydrogen-bond acceptors (Lipinski definition) is 2. The lowest BCUT2D eigenvalue weighted by atomic mass is 9.56. The van der Waals surface area contributed by atoms with Crippen LogP contribution in [0.25, 0.3) is 0 Å². The molecular weight excluding hydrogens is 214 g/mol. The molecular formula is C14H23NS. The fourth-order valence-electron chi connectivity index (χ4n) is 3.47. The van der Waals surface area contributed by atoms with E-state index in [1.807, 2.05) is 11.8 Å². The molecule has 0 saturated heterocycles. The van der Waals surface area contributed by atoms with Crippen LogP contribution in [0.2, 0.25) is 0 Å². The third kappa shape index (κ3) is 2.25. The van der Waals surface area contributed by atoms with E-state index >= 15 is 0 Å². The van der Waals surface area contributed by atoms with Crippen molar-refractivity contribution in [2.75, 3.05) is 0 Å². The molecule has 2 saturated carbocycles. The van der Waals surface area contributed by atoms with Crippen molar-refractivity contribution in [1.29, 1.82) is 5.26 Å². The summed E-state index contributed by atoms with van der Waals surface area (Å²) in [6.07, 6.45) is 10.5. The Bertz CT molecular complexity index is 278. The Morgan fingerprint density at radius 1 is 1.25 bits per heavy atom. The van der Waals surface area contributed by atoms with Gasteiger partial charge in [0.25, 0.3) is 0 Å². The molecule has 0 amide bonds. The number of nitrogens with zero attached hydrogens (tertiary/aromatic N) is 1. The molecule has 16 heavy (non-hydrogen) atoms. The summed E-state index contributed by atoms with van der Waals surface area (Å²) >= 11 is 1.94. The molecule has 2 fully saturated rings. The second-order valence-corrected chi connectivity index (χ2v) is 7.68. The van der Waals surface area contributed by atoms with E-state index < -0.39 is 0 Å². The minimum atomic E-state index is -0.0211. The Kier molecular flexibility index (Phi) is 3.54. The molecule has 2 heteroatoms. The van der Waals surface area contributed by atoms with Crippen LogP contribution < -0.4 is 0 Å². The number of thioether (sulfide) groups is 1. The molecule has 1 nitrogen and oxygen atoms in total. The highest BCUT2D eigenvalue weighted by Gasteiger charge is 2.55. The van der Waals surface area contributed by atoms with Gasteiger partial charge in [0.1, 0.15) is 4.75 Å². The minimum absolute atomic E-state index is 0.0211. The van der Waals surface area contributed by atoms with Gasteiger partial charge in [0.2, 0.25) is 0 Å². The first-order chi connectivity index (χ1) is 7.64. The standard InChI is InChI=1S/C14H23NS/c1-3-12(2)16-14(11-15)9-13(10-14)7-5-4-6-8-13/h12H,3-10H2,1-2H3. The first-order valence-electron chi connectivity index (χ1n) is 6.73. The zero-order valence-electron chi connectivity index (χ0n) is 10.6. The number of hydrogen-bond donors (Lipinski definition) is 0. The topological polar surface area (TPSA) is 23.8 Å². The smallest absolute Gasteiger partial charge is 0.104 e. The largest absolute Gasteiger partial charge is 0.197 e. The quantitative estimate of drug-likeness (QED) is 0.720. The molecule has 1 atom stereocenters. The monoisotopic (exact) mass is 237 g/mol. The molecule has 0 bridgehead atoms. The summed E-state index contributed by atoms with van der Waals surface area (Å²) in [6, 6.07) is 2.61. The zero-order chi connectivity index (χ0) is 11.6. The molecule has 2 aliphatic rings. The molecule has 0 aromatic heterocycles. The highest BCUT2D eigenvalue weighted by Crippen LogP contribution is 2.62. The van der Waals surface area contributed by atoms with Gasteiger partial charge in [-0.25, -0.2) is 0 Å². The number of nitriles is 1. The van der Waals surface area contributed by atoms with Crippen LogP contribution in [-0.2, 0) is 0 Å². The van der Waals surface area contributed by atoms with Crippen LogP contribution in [0.5, 0.6) is 0 Å². The van der Waals surface area contributed by atoms with E-state index in [4.69, 9.17) is 0 Å². The Morgan fingerprint density at radius 3 is 2.38 bits per heavy atom. The second kappa shape index (κ2) is 4.61. The predicted octanol–water partition coefficient (Wildman–Crippen LogP) is 4.52. The molecule has 1 spiro atoms. The molecule has 0 aromatic carbocycles. The van der Waals surface area contributed by atoms with E-state index in [9.17, 15) is 5.26 Å². The van der Waals surface area contributed by atoms with Gasteiger partial charge in [-0.15, -0.1) is 11.8 Å². The van der Waals surface area contributed by atoms with Gasteiger partial charge >= 0.3 is 0 Å². The van der Waals surface area contributed by atoms with Gasteiger partial charge in [-0.2, -0.15) is 5.26 Å². The Morgan fingerprint density at radius 2 is 1.88 bits per heavy atom. The van der Waals surface area contributed by atoms with Crippen molar-refractivity contribution in [3.8, 4) is 6.07 Å². The van der Waals surface area contributed by atoms with Gasteiger partial charge in [0.15, 0.2) is 0 Å². The summed E-state index contributed by atoms with van der Waals surface area (Å²) in [5.74, 6) is 0. The highest BCUT2D eigenvalue weighted by atomic mass is 32.2. The van der Waals surface area contributed by atoms with Crippen LogP contribution >= 0.6 is 11.8 Å². The van der Waals surface area contributed by atoms with Crippen molar-refractivity contribution in [3.63, 3.8) is 0 Å². The molecule has 0 aromatic rings. The summed E-state index contributed by atoms with van der Waals surface area (Å²) < 4.78 is -0.0211. The zero-order valence-corrected chi connectivity index (χ0v) is 11.4. The maximum absolute atomic E-state index is 9.42. The molecule has 0 radical (unpaired) electrons. The lowest BCUT2D eigenvalue weighted by molar-refractivity contribution is 0.0591. The molecule has 0 aliphatic heterocycles. The van der Waals surface area contributed by atoms with Crippen molar-refractivity contribution >= 4 is 11.8 Å². The predicted molar refractivity (Wildman–Crippen MR) is 70.4 cm³/mol. The minimum Gasteiger partial charge on any atom is -0.197 e. The summed E-state index contributed by atoms with van der Waals surface area (Å²) in [5.41, 5.74) is 0.578. The number of rotatable bonds is 3. The SMILES string of the molecule is CCC(C)SC1(C#N)CC2(CCCCC2)C1. The van der Waals surface area contributed by atoms with E-state index in [1.165, 1.54) is 51.4 Å². The summed E-state index contributed by atoms with van der Waals surface area (Å²) in [6.45, 7) is 4.48. The normalized spacial score (nSPS) is 28.1. The molecule has 2 rings (SSSR count). The second-order valence-electron chi connectivity index (χ2n) is 5.86. The molecule has 90 valence electrons. The summed E-state index contributed by atoms with van der Waals surface area (Å²) in [5, 5.41) is 10.1. The first-order valence-corrected chi connectivity index (χ1v) is 7.61. The third-order valence-electron chi connectivity index (χ3n) is 4.44. The van der Waals surface area contributed by atoms with Gasteiger partial charge in [0.05, 0.1) is 6.07 Å².